The van der Waals surface area contributed by atoms with Crippen molar-refractivity contribution in [2.24, 2.45) is 0 Å². The highest BCUT2D eigenvalue weighted by Gasteiger charge is 2.43. The van der Waals surface area contributed by atoms with Gasteiger partial charge in [-0.1, -0.05) is 53.6 Å². The topological polar surface area (TPSA) is 73.6 Å². The number of amidine groups is 1. The molecule has 2 N–H and O–H groups in total. The molecule has 36 heavy (non-hydrogen) atoms. The fourth-order valence-corrected chi connectivity index (χ4v) is 5.19. The maximum atomic E-state index is 13.5. The summed E-state index contributed by atoms with van der Waals surface area (Å²) in [6.45, 7) is 1.98. The molecule has 0 bridgehead atoms. The number of aliphatic hydroxyl groups is 1. The second-order valence-corrected chi connectivity index (χ2v) is 9.57. The molecule has 1 aliphatic heterocycles. The summed E-state index contributed by atoms with van der Waals surface area (Å²) in [5.41, 5.74) is 5.06. The van der Waals surface area contributed by atoms with Gasteiger partial charge in [-0.3, -0.25) is 15.1 Å². The van der Waals surface area contributed by atoms with E-state index in [-0.39, 0.29) is 17.4 Å². The lowest BCUT2D eigenvalue weighted by atomic mass is 9.73. The van der Waals surface area contributed by atoms with Crippen molar-refractivity contribution in [2.45, 2.75) is 32.1 Å². The van der Waals surface area contributed by atoms with Gasteiger partial charge in [0.1, 0.15) is 17.3 Å². The number of nitrogens with one attached hydrogen (secondary N) is 1. The first-order chi connectivity index (χ1) is 17.4. The van der Waals surface area contributed by atoms with Crippen molar-refractivity contribution in [3.63, 3.8) is 0 Å². The van der Waals surface area contributed by atoms with Crippen LogP contribution in [0.2, 0.25) is 5.02 Å². The summed E-state index contributed by atoms with van der Waals surface area (Å²) >= 11 is 6.15. The fraction of sp³-hybridized carbons (Fsp3) is 0.200. The number of carbonyl (C=O) groups excluding carboxylic acids is 1. The zero-order valence-electron chi connectivity index (χ0n) is 20.2. The number of hydrogen-bond acceptors (Lipinski definition) is 4. The Bertz CT molecular complexity index is 1390. The van der Waals surface area contributed by atoms with Crippen LogP contribution in [-0.4, -0.2) is 23.8 Å². The second kappa shape index (κ2) is 9.67. The molecule has 0 radical (unpaired) electrons. The van der Waals surface area contributed by atoms with Crippen molar-refractivity contribution in [3.05, 3.63) is 111 Å². The Morgan fingerprint density at radius 3 is 2.31 bits per heavy atom. The van der Waals surface area contributed by atoms with Crippen molar-refractivity contribution < 1.29 is 14.6 Å². The van der Waals surface area contributed by atoms with Crippen LogP contribution in [0.25, 0.3) is 5.76 Å². The highest BCUT2D eigenvalue weighted by molar-refractivity contribution is 6.30. The molecule has 0 aromatic heterocycles. The highest BCUT2D eigenvalue weighted by atomic mass is 35.5. The Morgan fingerprint density at radius 1 is 1.00 bits per heavy atom. The minimum atomic E-state index is -0.573. The summed E-state index contributed by atoms with van der Waals surface area (Å²) < 4.78 is 5.34. The van der Waals surface area contributed by atoms with Gasteiger partial charge in [-0.25, -0.2) is 0 Å². The van der Waals surface area contributed by atoms with Crippen molar-refractivity contribution >= 4 is 34.7 Å². The van der Waals surface area contributed by atoms with Crippen LogP contribution < -0.4 is 9.64 Å². The van der Waals surface area contributed by atoms with Gasteiger partial charge in [0.25, 0.3) is 0 Å². The third-order valence-electron chi connectivity index (χ3n) is 6.87. The summed E-state index contributed by atoms with van der Waals surface area (Å²) in [6.07, 6.45) is 1.82. The number of carbonyl (C=O) groups is 1. The highest BCUT2D eigenvalue weighted by Crippen LogP contribution is 2.48. The third-order valence-corrected chi connectivity index (χ3v) is 7.12. The first kappa shape index (κ1) is 23.9. The Morgan fingerprint density at radius 2 is 1.67 bits per heavy atom. The van der Waals surface area contributed by atoms with Crippen LogP contribution in [0, 0.1) is 12.3 Å². The minimum absolute atomic E-state index is 0.00953. The summed E-state index contributed by atoms with van der Waals surface area (Å²) in [5, 5.41) is 21.6. The predicted molar refractivity (Wildman–Crippen MR) is 144 cm³/mol. The van der Waals surface area contributed by atoms with Gasteiger partial charge in [0.15, 0.2) is 5.78 Å². The SMILES string of the molecule is COc1ccc([C@H]2C(=C(O)c3ccc(C)cc3)C(=N)N(c3ccc(Cl)cc3)C3=C2C(=O)CCC3)cc1. The second-order valence-electron chi connectivity index (χ2n) is 9.13. The largest absolute Gasteiger partial charge is 0.507 e. The Kier molecular flexibility index (Phi) is 6.42. The van der Waals surface area contributed by atoms with Crippen LogP contribution in [0.4, 0.5) is 5.69 Å². The molecule has 1 atom stereocenters. The van der Waals surface area contributed by atoms with E-state index in [0.29, 0.717) is 46.7 Å². The first-order valence-electron chi connectivity index (χ1n) is 11.9. The molecule has 1 heterocycles. The number of halogens is 1. The van der Waals surface area contributed by atoms with E-state index in [0.717, 1.165) is 22.5 Å². The van der Waals surface area contributed by atoms with Crippen molar-refractivity contribution in [2.75, 3.05) is 12.0 Å². The molecule has 0 fully saturated rings. The molecule has 0 unspecified atom stereocenters. The van der Waals surface area contributed by atoms with Gasteiger partial charge in [0.05, 0.1) is 7.11 Å². The van der Waals surface area contributed by atoms with E-state index in [1.165, 1.54) is 0 Å². The monoisotopic (exact) mass is 498 g/mol. The maximum Gasteiger partial charge on any atom is 0.161 e. The lowest BCUT2D eigenvalue weighted by Crippen LogP contribution is -2.42. The number of benzene rings is 3. The quantitative estimate of drug-likeness (QED) is 0.372. The third kappa shape index (κ3) is 4.20. The summed E-state index contributed by atoms with van der Waals surface area (Å²) in [4.78, 5) is 15.3. The lowest BCUT2D eigenvalue weighted by molar-refractivity contribution is -0.116. The molecule has 3 aromatic rings. The first-order valence-corrected chi connectivity index (χ1v) is 12.3. The average Bonchev–Trinajstić information content (AvgIpc) is 2.89. The van der Waals surface area contributed by atoms with Gasteiger partial charge in [0.2, 0.25) is 0 Å². The molecule has 1 aliphatic carbocycles. The van der Waals surface area contributed by atoms with E-state index in [1.807, 2.05) is 67.6 Å². The van der Waals surface area contributed by atoms with Gasteiger partial charge in [-0.2, -0.15) is 0 Å². The summed E-state index contributed by atoms with van der Waals surface area (Å²) in [5.74, 6) is 0.299. The molecule has 0 saturated carbocycles. The Labute approximate surface area is 215 Å². The van der Waals surface area contributed by atoms with Gasteiger partial charge >= 0.3 is 0 Å². The van der Waals surface area contributed by atoms with E-state index in [4.69, 9.17) is 16.3 Å². The predicted octanol–water partition coefficient (Wildman–Crippen LogP) is 7.21. The normalized spacial score (nSPS) is 19.3. The smallest absolute Gasteiger partial charge is 0.161 e. The molecular formula is C30H27ClN2O3. The van der Waals surface area contributed by atoms with Crippen LogP contribution in [0.15, 0.2) is 89.6 Å². The van der Waals surface area contributed by atoms with E-state index >= 15 is 0 Å². The van der Waals surface area contributed by atoms with E-state index < -0.39 is 5.92 Å². The molecule has 0 spiro atoms. The van der Waals surface area contributed by atoms with Gasteiger partial charge in [-0.05, 0) is 61.7 Å². The zero-order chi connectivity index (χ0) is 25.4. The molecule has 0 saturated heterocycles. The number of anilines is 1. The number of ketones is 1. The number of hydrogen-bond donors (Lipinski definition) is 2. The molecule has 182 valence electrons. The fourth-order valence-electron chi connectivity index (χ4n) is 5.06. The molecule has 2 aliphatic rings. The Hall–Kier alpha value is -3.83. The average molecular weight is 499 g/mol. The Balaban J connectivity index is 1.80. The van der Waals surface area contributed by atoms with Crippen LogP contribution in [0.1, 0.15) is 41.9 Å². The number of methoxy groups -OCH3 is 1. The van der Waals surface area contributed by atoms with Gasteiger partial charge < -0.3 is 9.84 Å². The minimum Gasteiger partial charge on any atom is -0.507 e. The maximum absolute atomic E-state index is 13.5. The van der Waals surface area contributed by atoms with E-state index in [1.54, 1.807) is 24.1 Å². The number of allylic oxidation sites excluding steroid dienone is 2. The van der Waals surface area contributed by atoms with Crippen LogP contribution >= 0.6 is 11.6 Å². The van der Waals surface area contributed by atoms with E-state index in [2.05, 4.69) is 0 Å². The van der Waals surface area contributed by atoms with Crippen molar-refractivity contribution in [1.82, 2.24) is 0 Å². The number of rotatable bonds is 4. The number of Topliss-reactive ketones (excluding diaryl/α,β-unsaturated/α-hetero) is 1. The van der Waals surface area contributed by atoms with Crippen LogP contribution in [0.3, 0.4) is 0 Å². The zero-order valence-corrected chi connectivity index (χ0v) is 21.0. The number of aliphatic hydroxyl groups excluding tert-OH is 1. The molecule has 5 nitrogen and oxygen atoms in total. The van der Waals surface area contributed by atoms with Crippen LogP contribution in [0.5, 0.6) is 5.75 Å². The van der Waals surface area contributed by atoms with Gasteiger partial charge in [-0.15, -0.1) is 0 Å². The number of ether oxygens (including phenoxy) is 1. The summed E-state index contributed by atoms with van der Waals surface area (Å²) in [6, 6.07) is 22.3. The van der Waals surface area contributed by atoms with Crippen molar-refractivity contribution in [3.8, 4) is 5.75 Å². The lowest BCUT2D eigenvalue weighted by Gasteiger charge is -2.41. The number of aryl methyl sites for hydroxylation is 1. The molecule has 3 aromatic carbocycles. The standard InChI is InChI=1S/C30H27ClN2O3/c1-18-6-8-20(9-7-18)29(35)28-26(19-10-16-23(36-2)17-11-19)27-24(4-3-5-25(27)34)33(30(28)32)22-14-12-21(31)13-15-22/h6-17,26,32,35H,3-5H2,1-2H3/t26-/m1/s1. The molecule has 6 heteroatoms. The molecular weight excluding hydrogens is 472 g/mol. The van der Waals surface area contributed by atoms with Crippen LogP contribution in [-0.2, 0) is 4.79 Å². The van der Waals surface area contributed by atoms with Gasteiger partial charge in [0, 0.05) is 45.5 Å². The number of nitrogens with zero attached hydrogens (tertiary/aromatic N) is 1. The van der Waals surface area contributed by atoms with Crippen molar-refractivity contribution in [1.29, 1.82) is 5.41 Å². The molecule has 0 amide bonds. The summed E-state index contributed by atoms with van der Waals surface area (Å²) in [7, 11) is 1.61. The van der Waals surface area contributed by atoms with E-state index in [9.17, 15) is 15.3 Å². The molecule has 5 rings (SSSR count).